The predicted octanol–water partition coefficient (Wildman–Crippen LogP) is 2.31. The Morgan fingerprint density at radius 1 is 1.27 bits per heavy atom. The van der Waals surface area contributed by atoms with Gasteiger partial charge in [-0.1, -0.05) is 43.7 Å². The molecule has 3 heteroatoms. The van der Waals surface area contributed by atoms with E-state index in [-0.39, 0.29) is 13.0 Å². The monoisotopic (exact) mass is 209 g/mol. The molecule has 0 amide bonds. The van der Waals surface area contributed by atoms with Crippen LogP contribution in [0.15, 0.2) is 30.3 Å². The molecule has 1 aromatic rings. The Kier molecular flexibility index (Phi) is 8.39. The quantitative estimate of drug-likeness (QED) is 0.827. The fourth-order valence-corrected chi connectivity index (χ4v) is 0.905. The van der Waals surface area contributed by atoms with Crippen LogP contribution in [0.25, 0.3) is 0 Å². The number of aliphatic hydroxyl groups is 1. The molecule has 0 saturated heterocycles. The van der Waals surface area contributed by atoms with E-state index in [2.05, 4.69) is 0 Å². The summed E-state index contributed by atoms with van der Waals surface area (Å²) in [4.78, 5) is 9.65. The van der Waals surface area contributed by atoms with Gasteiger partial charge in [0.1, 0.15) is 0 Å². The molecule has 0 unspecified atom stereocenters. The molecule has 1 N–H and O–H groups in total. The SMILES string of the molecule is CCCCC([O])=O.OCc1ccccc1. The Balaban J connectivity index is 0.000000265. The molecule has 1 radical (unpaired) electrons. The molecule has 0 heterocycles. The maximum atomic E-state index is 9.65. The molecule has 0 aliphatic rings. The molecule has 0 aliphatic carbocycles. The van der Waals surface area contributed by atoms with Crippen LogP contribution in [-0.4, -0.2) is 11.1 Å². The van der Waals surface area contributed by atoms with Crippen LogP contribution in [0.2, 0.25) is 0 Å². The van der Waals surface area contributed by atoms with E-state index >= 15 is 0 Å². The van der Waals surface area contributed by atoms with Crippen LogP contribution in [0, 0.1) is 0 Å². The van der Waals surface area contributed by atoms with E-state index in [0.717, 1.165) is 18.4 Å². The first kappa shape index (κ1) is 13.7. The van der Waals surface area contributed by atoms with Crippen molar-refractivity contribution in [3.05, 3.63) is 35.9 Å². The lowest BCUT2D eigenvalue weighted by Crippen LogP contribution is -1.89. The van der Waals surface area contributed by atoms with E-state index in [9.17, 15) is 9.90 Å². The average Bonchev–Trinajstić information content (AvgIpc) is 2.28. The summed E-state index contributed by atoms with van der Waals surface area (Å²) in [6, 6.07) is 9.52. The van der Waals surface area contributed by atoms with Crippen molar-refractivity contribution in [2.24, 2.45) is 0 Å². The molecule has 15 heavy (non-hydrogen) atoms. The largest absolute Gasteiger partial charge is 0.392 e. The molecule has 0 fully saturated rings. The van der Waals surface area contributed by atoms with Gasteiger partial charge in [0.15, 0.2) is 0 Å². The highest BCUT2D eigenvalue weighted by Gasteiger charge is 1.94. The van der Waals surface area contributed by atoms with E-state index < -0.39 is 5.97 Å². The molecule has 1 aromatic carbocycles. The van der Waals surface area contributed by atoms with E-state index in [1.54, 1.807) is 0 Å². The fraction of sp³-hybridized carbons (Fsp3) is 0.417. The van der Waals surface area contributed by atoms with Crippen LogP contribution >= 0.6 is 0 Å². The fourth-order valence-electron chi connectivity index (χ4n) is 0.905. The highest BCUT2D eigenvalue weighted by molar-refractivity contribution is 5.66. The molecule has 1 rings (SSSR count). The Morgan fingerprint density at radius 2 is 1.87 bits per heavy atom. The highest BCUT2D eigenvalue weighted by Crippen LogP contribution is 1.95. The second kappa shape index (κ2) is 9.21. The summed E-state index contributed by atoms with van der Waals surface area (Å²) < 4.78 is 0. The van der Waals surface area contributed by atoms with E-state index in [0.29, 0.717) is 0 Å². The van der Waals surface area contributed by atoms with Crippen LogP contribution < -0.4 is 0 Å². The molecule has 0 aromatic heterocycles. The maximum absolute atomic E-state index is 9.65. The normalized spacial score (nSPS) is 8.93. The van der Waals surface area contributed by atoms with Gasteiger partial charge in [-0.15, -0.1) is 0 Å². The third-order valence-electron chi connectivity index (χ3n) is 1.76. The number of rotatable bonds is 4. The van der Waals surface area contributed by atoms with Crippen LogP contribution in [-0.2, 0) is 16.5 Å². The van der Waals surface area contributed by atoms with Crippen LogP contribution in [0.5, 0.6) is 0 Å². The molecule has 0 saturated carbocycles. The highest BCUT2D eigenvalue weighted by atomic mass is 16.4. The topological polar surface area (TPSA) is 57.2 Å². The van der Waals surface area contributed by atoms with Gasteiger partial charge in [0, 0.05) is 0 Å². The number of unbranched alkanes of at least 4 members (excludes halogenated alkanes) is 1. The Morgan fingerprint density at radius 3 is 2.13 bits per heavy atom. The maximum Gasteiger partial charge on any atom is 0.355 e. The Hall–Kier alpha value is -1.35. The van der Waals surface area contributed by atoms with Gasteiger partial charge in [0.2, 0.25) is 0 Å². The summed E-state index contributed by atoms with van der Waals surface area (Å²) in [5.41, 5.74) is 0.965. The van der Waals surface area contributed by atoms with Crippen LogP contribution in [0.1, 0.15) is 31.7 Å². The molecule has 3 nitrogen and oxygen atoms in total. The summed E-state index contributed by atoms with van der Waals surface area (Å²) in [7, 11) is 0. The molecule has 0 aliphatic heterocycles. The second-order valence-corrected chi connectivity index (χ2v) is 3.12. The minimum atomic E-state index is -0.943. The van der Waals surface area contributed by atoms with Crippen molar-refractivity contribution in [3.63, 3.8) is 0 Å². The Bertz CT molecular complexity index is 257. The van der Waals surface area contributed by atoms with Gasteiger partial charge in [-0.2, -0.15) is 0 Å². The second-order valence-electron chi connectivity index (χ2n) is 3.12. The zero-order valence-corrected chi connectivity index (χ0v) is 8.98. The first-order chi connectivity index (χ1) is 7.20. The van der Waals surface area contributed by atoms with Gasteiger partial charge >= 0.3 is 5.97 Å². The zero-order valence-electron chi connectivity index (χ0n) is 8.98. The van der Waals surface area contributed by atoms with Crippen molar-refractivity contribution in [2.75, 3.05) is 0 Å². The number of hydrogen-bond acceptors (Lipinski definition) is 2. The Labute approximate surface area is 90.4 Å². The van der Waals surface area contributed by atoms with Crippen molar-refractivity contribution >= 4 is 5.97 Å². The van der Waals surface area contributed by atoms with Gasteiger partial charge < -0.3 is 5.11 Å². The average molecular weight is 209 g/mol. The molecular formula is C12H17O3. The molecule has 83 valence electrons. The number of aliphatic hydroxyl groups excluding tert-OH is 1. The smallest absolute Gasteiger partial charge is 0.355 e. The van der Waals surface area contributed by atoms with E-state index in [1.807, 2.05) is 37.3 Å². The molecule has 0 bridgehead atoms. The van der Waals surface area contributed by atoms with Gasteiger partial charge in [0.25, 0.3) is 0 Å². The van der Waals surface area contributed by atoms with Crippen molar-refractivity contribution in [3.8, 4) is 0 Å². The van der Waals surface area contributed by atoms with Crippen molar-refractivity contribution < 1.29 is 15.0 Å². The first-order valence-electron chi connectivity index (χ1n) is 5.05. The summed E-state index contributed by atoms with van der Waals surface area (Å²) in [5, 5.41) is 18.2. The van der Waals surface area contributed by atoms with Gasteiger partial charge in [-0.3, -0.25) is 0 Å². The molecule has 0 atom stereocenters. The van der Waals surface area contributed by atoms with Gasteiger partial charge in [-0.25, -0.2) is 9.90 Å². The summed E-state index contributed by atoms with van der Waals surface area (Å²) in [6.45, 7) is 2.09. The van der Waals surface area contributed by atoms with Crippen molar-refractivity contribution in [2.45, 2.75) is 32.8 Å². The van der Waals surface area contributed by atoms with Crippen LogP contribution in [0.3, 0.4) is 0 Å². The van der Waals surface area contributed by atoms with E-state index in [1.165, 1.54) is 0 Å². The third-order valence-corrected chi connectivity index (χ3v) is 1.76. The lowest BCUT2D eigenvalue weighted by atomic mass is 10.2. The molecule has 0 spiro atoms. The zero-order chi connectivity index (χ0) is 11.5. The van der Waals surface area contributed by atoms with Gasteiger partial charge in [0.05, 0.1) is 13.0 Å². The summed E-state index contributed by atoms with van der Waals surface area (Å²) in [5.74, 6) is -0.943. The standard InChI is InChI=1S/C7H8O.C5H9O2/c8-6-7-4-2-1-3-5-7;1-2-3-4-5(6)7/h1-5,8H,6H2;2-4H2,1H3. The number of carbonyl (C=O) groups excluding carboxylic acids is 1. The number of benzene rings is 1. The number of hydrogen-bond donors (Lipinski definition) is 1. The lowest BCUT2D eigenvalue weighted by molar-refractivity contribution is -0.143. The predicted molar refractivity (Wildman–Crippen MR) is 57.6 cm³/mol. The van der Waals surface area contributed by atoms with Gasteiger partial charge in [-0.05, 0) is 12.0 Å². The van der Waals surface area contributed by atoms with Crippen molar-refractivity contribution in [1.29, 1.82) is 0 Å². The summed E-state index contributed by atoms with van der Waals surface area (Å²) in [6.07, 6.45) is 1.87. The minimum Gasteiger partial charge on any atom is -0.392 e. The number of carbonyl (C=O) groups is 1. The summed E-state index contributed by atoms with van der Waals surface area (Å²) >= 11 is 0. The molecular weight excluding hydrogens is 192 g/mol. The van der Waals surface area contributed by atoms with Crippen LogP contribution in [0.4, 0.5) is 0 Å². The minimum absolute atomic E-state index is 0.140. The first-order valence-corrected chi connectivity index (χ1v) is 5.05. The van der Waals surface area contributed by atoms with Crippen molar-refractivity contribution in [1.82, 2.24) is 0 Å². The lowest BCUT2D eigenvalue weighted by Gasteiger charge is -1.89. The van der Waals surface area contributed by atoms with E-state index in [4.69, 9.17) is 5.11 Å². The third kappa shape index (κ3) is 8.97.